The van der Waals surface area contributed by atoms with Crippen molar-refractivity contribution in [3.63, 3.8) is 0 Å². The second kappa shape index (κ2) is 5.45. The number of hydrogen-bond acceptors (Lipinski definition) is 3. The molecule has 2 rings (SSSR count). The highest BCUT2D eigenvalue weighted by atomic mass is 79.9. The Kier molecular flexibility index (Phi) is 3.90. The highest BCUT2D eigenvalue weighted by Gasteiger charge is 2.13. The minimum atomic E-state index is -0.420. The summed E-state index contributed by atoms with van der Waals surface area (Å²) in [6.07, 6.45) is 0. The lowest BCUT2D eigenvalue weighted by molar-refractivity contribution is 0.0602. The summed E-state index contributed by atoms with van der Waals surface area (Å²) < 4.78 is 5.75. The van der Waals surface area contributed by atoms with Crippen LogP contribution in [-0.2, 0) is 4.74 Å². The van der Waals surface area contributed by atoms with Gasteiger partial charge in [-0.1, -0.05) is 28.1 Å². The van der Waals surface area contributed by atoms with Crippen molar-refractivity contribution in [1.29, 1.82) is 0 Å². The molecule has 98 valence electrons. The van der Waals surface area contributed by atoms with Crippen molar-refractivity contribution >= 4 is 27.6 Å². The minimum Gasteiger partial charge on any atom is -0.465 e. The van der Waals surface area contributed by atoms with Crippen LogP contribution in [-0.4, -0.2) is 13.1 Å². The molecule has 19 heavy (non-hydrogen) atoms. The summed E-state index contributed by atoms with van der Waals surface area (Å²) in [5.74, 6) is -0.420. The lowest BCUT2D eigenvalue weighted by Crippen LogP contribution is -2.06. The standard InChI is InChI=1S/C15H14BrNO2/c1-9-7-14(17)13(15(18)19-2)8-12(9)10-3-5-11(16)6-4-10/h3-8H,17H2,1-2H3. The molecule has 0 saturated carbocycles. The van der Waals surface area contributed by atoms with Crippen LogP contribution < -0.4 is 5.73 Å². The van der Waals surface area contributed by atoms with Crippen LogP contribution in [0.15, 0.2) is 40.9 Å². The maximum atomic E-state index is 11.7. The first kappa shape index (κ1) is 13.6. The monoisotopic (exact) mass is 319 g/mol. The molecular formula is C15H14BrNO2. The smallest absolute Gasteiger partial charge is 0.339 e. The van der Waals surface area contributed by atoms with Gasteiger partial charge in [-0.15, -0.1) is 0 Å². The highest BCUT2D eigenvalue weighted by Crippen LogP contribution is 2.29. The number of methoxy groups -OCH3 is 1. The first-order valence-corrected chi connectivity index (χ1v) is 6.56. The molecular weight excluding hydrogens is 306 g/mol. The van der Waals surface area contributed by atoms with Crippen LogP contribution in [0.5, 0.6) is 0 Å². The molecule has 4 heteroatoms. The Morgan fingerprint density at radius 3 is 2.42 bits per heavy atom. The molecule has 0 aliphatic heterocycles. The van der Waals surface area contributed by atoms with Gasteiger partial charge in [0.15, 0.2) is 0 Å². The summed E-state index contributed by atoms with van der Waals surface area (Å²) >= 11 is 3.40. The van der Waals surface area contributed by atoms with Gasteiger partial charge in [0.05, 0.1) is 12.7 Å². The van der Waals surface area contributed by atoms with Gasteiger partial charge in [0.2, 0.25) is 0 Å². The van der Waals surface area contributed by atoms with E-state index in [1.54, 1.807) is 12.1 Å². The number of anilines is 1. The number of carbonyl (C=O) groups is 1. The average molecular weight is 320 g/mol. The molecule has 3 nitrogen and oxygen atoms in total. The number of rotatable bonds is 2. The predicted octanol–water partition coefficient (Wildman–Crippen LogP) is 3.79. The van der Waals surface area contributed by atoms with Gasteiger partial charge in [-0.3, -0.25) is 0 Å². The maximum absolute atomic E-state index is 11.7. The van der Waals surface area contributed by atoms with Gasteiger partial charge in [-0.25, -0.2) is 4.79 Å². The molecule has 0 spiro atoms. The number of carbonyl (C=O) groups excluding carboxylic acids is 1. The second-order valence-electron chi connectivity index (χ2n) is 4.25. The zero-order valence-electron chi connectivity index (χ0n) is 10.7. The molecule has 0 unspecified atom stereocenters. The van der Waals surface area contributed by atoms with Crippen LogP contribution in [0.4, 0.5) is 5.69 Å². The molecule has 0 fully saturated rings. The van der Waals surface area contributed by atoms with Crippen molar-refractivity contribution in [3.8, 4) is 11.1 Å². The second-order valence-corrected chi connectivity index (χ2v) is 5.17. The summed E-state index contributed by atoms with van der Waals surface area (Å²) in [7, 11) is 1.35. The van der Waals surface area contributed by atoms with Crippen LogP contribution in [0.2, 0.25) is 0 Å². The highest BCUT2D eigenvalue weighted by molar-refractivity contribution is 9.10. The van der Waals surface area contributed by atoms with E-state index in [0.29, 0.717) is 11.3 Å². The SMILES string of the molecule is COC(=O)c1cc(-c2ccc(Br)cc2)c(C)cc1N. The largest absolute Gasteiger partial charge is 0.465 e. The third-order valence-corrected chi connectivity index (χ3v) is 3.49. The van der Waals surface area contributed by atoms with Gasteiger partial charge in [-0.05, 0) is 47.9 Å². The number of nitrogens with two attached hydrogens (primary N) is 1. The lowest BCUT2D eigenvalue weighted by Gasteiger charge is -2.11. The van der Waals surface area contributed by atoms with Crippen LogP contribution in [0, 0.1) is 6.92 Å². The number of benzene rings is 2. The van der Waals surface area contributed by atoms with Gasteiger partial charge in [-0.2, -0.15) is 0 Å². The van der Waals surface area contributed by atoms with Crippen molar-refractivity contribution in [2.45, 2.75) is 6.92 Å². The average Bonchev–Trinajstić information content (AvgIpc) is 2.39. The topological polar surface area (TPSA) is 52.3 Å². The molecule has 2 aromatic carbocycles. The van der Waals surface area contributed by atoms with Crippen molar-refractivity contribution in [1.82, 2.24) is 0 Å². The summed E-state index contributed by atoms with van der Waals surface area (Å²) in [6.45, 7) is 1.97. The fourth-order valence-corrected chi connectivity index (χ4v) is 2.22. The van der Waals surface area contributed by atoms with E-state index in [4.69, 9.17) is 10.5 Å². The predicted molar refractivity (Wildman–Crippen MR) is 80.1 cm³/mol. The molecule has 0 atom stereocenters. The number of nitrogen functional groups attached to an aromatic ring is 1. The van der Waals surface area contributed by atoms with Crippen molar-refractivity contribution in [2.75, 3.05) is 12.8 Å². The fourth-order valence-electron chi connectivity index (χ4n) is 1.96. The van der Waals surface area contributed by atoms with E-state index in [1.165, 1.54) is 7.11 Å². The molecule has 0 saturated heterocycles. The summed E-state index contributed by atoms with van der Waals surface area (Å²) in [4.78, 5) is 11.7. The third kappa shape index (κ3) is 2.79. The quantitative estimate of drug-likeness (QED) is 0.676. The Bertz CT molecular complexity index is 621. The van der Waals surface area contributed by atoms with Gasteiger partial charge < -0.3 is 10.5 Å². The van der Waals surface area contributed by atoms with Gasteiger partial charge in [0.1, 0.15) is 0 Å². The Labute approximate surface area is 120 Å². The molecule has 0 amide bonds. The third-order valence-electron chi connectivity index (χ3n) is 2.96. The first-order valence-electron chi connectivity index (χ1n) is 5.77. The van der Waals surface area contributed by atoms with Crippen LogP contribution in [0.25, 0.3) is 11.1 Å². The molecule has 0 radical (unpaired) electrons. The van der Waals surface area contributed by atoms with Crippen LogP contribution >= 0.6 is 15.9 Å². The van der Waals surface area contributed by atoms with Crippen molar-refractivity contribution in [2.24, 2.45) is 0 Å². The maximum Gasteiger partial charge on any atom is 0.339 e. The number of halogens is 1. The van der Waals surface area contributed by atoms with E-state index in [2.05, 4.69) is 15.9 Å². The zero-order valence-corrected chi connectivity index (χ0v) is 12.3. The Balaban J connectivity index is 2.57. The number of esters is 1. The molecule has 2 aromatic rings. The number of hydrogen-bond donors (Lipinski definition) is 1. The Morgan fingerprint density at radius 1 is 1.21 bits per heavy atom. The lowest BCUT2D eigenvalue weighted by atomic mass is 9.97. The van der Waals surface area contributed by atoms with E-state index in [-0.39, 0.29) is 0 Å². The minimum absolute atomic E-state index is 0.394. The van der Waals surface area contributed by atoms with E-state index >= 15 is 0 Å². The molecule has 0 aromatic heterocycles. The Morgan fingerprint density at radius 2 is 1.84 bits per heavy atom. The Hall–Kier alpha value is -1.81. The van der Waals surface area contributed by atoms with Crippen LogP contribution in [0.3, 0.4) is 0 Å². The number of ether oxygens (including phenoxy) is 1. The molecule has 0 bridgehead atoms. The fraction of sp³-hybridized carbons (Fsp3) is 0.133. The molecule has 0 aliphatic carbocycles. The first-order chi connectivity index (χ1) is 9.02. The zero-order chi connectivity index (χ0) is 14.0. The normalized spacial score (nSPS) is 10.3. The van der Waals surface area contributed by atoms with Crippen LogP contribution in [0.1, 0.15) is 15.9 Å². The molecule has 2 N–H and O–H groups in total. The van der Waals surface area contributed by atoms with Crippen molar-refractivity contribution < 1.29 is 9.53 Å². The van der Waals surface area contributed by atoms with E-state index < -0.39 is 5.97 Å². The molecule has 0 heterocycles. The van der Waals surface area contributed by atoms with Gasteiger partial charge >= 0.3 is 5.97 Å². The summed E-state index contributed by atoms with van der Waals surface area (Å²) in [5, 5.41) is 0. The summed E-state index contributed by atoms with van der Waals surface area (Å²) in [5.41, 5.74) is 9.72. The number of aryl methyl sites for hydroxylation is 1. The molecule has 0 aliphatic rings. The van der Waals surface area contributed by atoms with Crippen molar-refractivity contribution in [3.05, 3.63) is 52.0 Å². The van der Waals surface area contributed by atoms with E-state index in [0.717, 1.165) is 21.2 Å². The van der Waals surface area contributed by atoms with Gasteiger partial charge in [0.25, 0.3) is 0 Å². The summed E-state index contributed by atoms with van der Waals surface area (Å²) in [6, 6.07) is 11.5. The van der Waals surface area contributed by atoms with E-state index in [1.807, 2.05) is 31.2 Å². The van der Waals surface area contributed by atoms with E-state index in [9.17, 15) is 4.79 Å². The van der Waals surface area contributed by atoms with Gasteiger partial charge in [0, 0.05) is 10.2 Å².